The van der Waals surface area contributed by atoms with Crippen LogP contribution in [0.5, 0.6) is 17.2 Å². The fraction of sp³-hybridized carbons (Fsp3) is 0.300. The third-order valence-electron chi connectivity index (χ3n) is 4.15. The average molecular weight is 373 g/mol. The van der Waals surface area contributed by atoms with Crippen molar-refractivity contribution in [2.75, 3.05) is 28.4 Å². The summed E-state index contributed by atoms with van der Waals surface area (Å²) in [6.07, 6.45) is 1.02. The van der Waals surface area contributed by atoms with Crippen molar-refractivity contribution in [2.24, 2.45) is 5.73 Å². The van der Waals surface area contributed by atoms with Gasteiger partial charge in [-0.2, -0.15) is 0 Å². The zero-order valence-electron chi connectivity index (χ0n) is 15.8. The molecule has 0 bridgehead atoms. The second-order valence-electron chi connectivity index (χ2n) is 5.79. The number of esters is 1. The normalized spacial score (nSPS) is 11.4. The van der Waals surface area contributed by atoms with Crippen LogP contribution in [0.15, 0.2) is 30.3 Å². The molecule has 0 aliphatic carbocycles. The summed E-state index contributed by atoms with van der Waals surface area (Å²) in [6.45, 7) is 0. The minimum atomic E-state index is -0.783. The summed E-state index contributed by atoms with van der Waals surface area (Å²) < 4.78 is 21.0. The Morgan fingerprint density at radius 2 is 1.70 bits per heavy atom. The molecule has 7 heteroatoms. The number of nitrogens with two attached hydrogens (primary N) is 1. The third kappa shape index (κ3) is 4.38. The zero-order valence-corrected chi connectivity index (χ0v) is 15.8. The van der Waals surface area contributed by atoms with Gasteiger partial charge < -0.3 is 24.7 Å². The number of ether oxygens (including phenoxy) is 4. The Morgan fingerprint density at radius 3 is 2.26 bits per heavy atom. The van der Waals surface area contributed by atoms with Crippen molar-refractivity contribution in [3.8, 4) is 28.4 Å². The first-order valence-corrected chi connectivity index (χ1v) is 8.20. The van der Waals surface area contributed by atoms with E-state index in [-0.39, 0.29) is 6.42 Å². The van der Waals surface area contributed by atoms with Gasteiger partial charge in [-0.25, -0.2) is 0 Å². The van der Waals surface area contributed by atoms with Gasteiger partial charge in [0.25, 0.3) is 0 Å². The SMILES string of the molecule is COC(=O)C(N)Cc1ccc(OC)c(-c2cc(C=O)cc(OC)c2OC)c1. The van der Waals surface area contributed by atoms with E-state index in [2.05, 4.69) is 4.74 Å². The lowest BCUT2D eigenvalue weighted by Gasteiger charge is -2.17. The summed E-state index contributed by atoms with van der Waals surface area (Å²) in [7, 11) is 5.86. The highest BCUT2D eigenvalue weighted by atomic mass is 16.5. The number of aldehydes is 1. The molecule has 0 saturated heterocycles. The predicted molar refractivity (Wildman–Crippen MR) is 101 cm³/mol. The topological polar surface area (TPSA) is 97.1 Å². The van der Waals surface area contributed by atoms with Crippen LogP contribution in [-0.4, -0.2) is 46.7 Å². The summed E-state index contributed by atoms with van der Waals surface area (Å²) >= 11 is 0. The number of carbonyl (C=O) groups excluding carboxylic acids is 2. The van der Waals surface area contributed by atoms with E-state index >= 15 is 0 Å². The van der Waals surface area contributed by atoms with Crippen molar-refractivity contribution < 1.29 is 28.5 Å². The molecule has 0 aromatic heterocycles. The summed E-state index contributed by atoms with van der Waals surface area (Å²) in [5.74, 6) is 0.981. The van der Waals surface area contributed by atoms with Crippen molar-refractivity contribution >= 4 is 12.3 Å². The maximum absolute atomic E-state index is 11.6. The van der Waals surface area contributed by atoms with E-state index in [0.717, 1.165) is 11.8 Å². The molecule has 0 aliphatic rings. The second kappa shape index (κ2) is 9.05. The van der Waals surface area contributed by atoms with Gasteiger partial charge in [-0.3, -0.25) is 9.59 Å². The Hall–Kier alpha value is -3.06. The van der Waals surface area contributed by atoms with E-state index in [4.69, 9.17) is 19.9 Å². The van der Waals surface area contributed by atoms with Gasteiger partial charge in [0.15, 0.2) is 11.5 Å². The van der Waals surface area contributed by atoms with Crippen LogP contribution in [0.4, 0.5) is 0 Å². The van der Waals surface area contributed by atoms with Gasteiger partial charge in [-0.15, -0.1) is 0 Å². The van der Waals surface area contributed by atoms with Crippen LogP contribution < -0.4 is 19.9 Å². The van der Waals surface area contributed by atoms with Gasteiger partial charge in [-0.1, -0.05) is 6.07 Å². The molecule has 2 N–H and O–H groups in total. The lowest BCUT2D eigenvalue weighted by molar-refractivity contribution is -0.142. The number of hydrogen-bond acceptors (Lipinski definition) is 7. The first kappa shape index (κ1) is 20.3. The van der Waals surface area contributed by atoms with Crippen LogP contribution >= 0.6 is 0 Å². The number of hydrogen-bond donors (Lipinski definition) is 1. The minimum absolute atomic E-state index is 0.288. The molecule has 0 spiro atoms. The van der Waals surface area contributed by atoms with Gasteiger partial charge in [0, 0.05) is 16.7 Å². The average Bonchev–Trinajstić information content (AvgIpc) is 2.71. The molecule has 0 aliphatic heterocycles. The molecule has 1 unspecified atom stereocenters. The minimum Gasteiger partial charge on any atom is -0.496 e. The standard InChI is InChI=1S/C20H23NO6/c1-24-17-6-5-12(9-16(21)20(23)27-4)7-14(17)15-8-13(11-22)10-18(25-2)19(15)26-3/h5-8,10-11,16H,9,21H2,1-4H3. The highest BCUT2D eigenvalue weighted by molar-refractivity contribution is 5.86. The molecule has 0 amide bonds. The molecule has 2 aromatic rings. The van der Waals surface area contributed by atoms with E-state index in [1.54, 1.807) is 25.3 Å². The van der Waals surface area contributed by atoms with Gasteiger partial charge in [0.1, 0.15) is 18.1 Å². The van der Waals surface area contributed by atoms with Crippen molar-refractivity contribution in [2.45, 2.75) is 12.5 Å². The van der Waals surface area contributed by atoms with Crippen LogP contribution in [0.25, 0.3) is 11.1 Å². The van der Waals surface area contributed by atoms with E-state index in [9.17, 15) is 9.59 Å². The first-order chi connectivity index (χ1) is 13.0. The summed E-state index contributed by atoms with van der Waals surface area (Å²) in [4.78, 5) is 23.0. The van der Waals surface area contributed by atoms with Crippen molar-refractivity contribution in [1.29, 1.82) is 0 Å². The molecular formula is C20H23NO6. The van der Waals surface area contributed by atoms with E-state index in [1.807, 2.05) is 12.1 Å². The van der Waals surface area contributed by atoms with Crippen molar-refractivity contribution in [3.63, 3.8) is 0 Å². The number of rotatable bonds is 8. The van der Waals surface area contributed by atoms with Crippen LogP contribution in [0.2, 0.25) is 0 Å². The molecule has 7 nitrogen and oxygen atoms in total. The lowest BCUT2D eigenvalue weighted by Crippen LogP contribution is -2.33. The molecule has 0 fully saturated rings. The quantitative estimate of drug-likeness (QED) is 0.560. The Bertz CT molecular complexity index is 833. The van der Waals surface area contributed by atoms with Crippen LogP contribution in [0.3, 0.4) is 0 Å². The molecule has 144 valence electrons. The Balaban J connectivity index is 2.61. The molecular weight excluding hydrogens is 350 g/mol. The molecule has 2 aromatic carbocycles. The largest absolute Gasteiger partial charge is 0.496 e. The molecule has 0 heterocycles. The molecule has 0 saturated carbocycles. The van der Waals surface area contributed by atoms with Crippen LogP contribution in [0, 0.1) is 0 Å². The first-order valence-electron chi connectivity index (χ1n) is 8.20. The maximum atomic E-state index is 11.6. The van der Waals surface area contributed by atoms with Crippen molar-refractivity contribution in [3.05, 3.63) is 41.5 Å². The Morgan fingerprint density at radius 1 is 1.00 bits per heavy atom. The smallest absolute Gasteiger partial charge is 0.322 e. The summed E-state index contributed by atoms with van der Waals surface area (Å²) in [5, 5.41) is 0. The van der Waals surface area contributed by atoms with Crippen LogP contribution in [0.1, 0.15) is 15.9 Å². The highest BCUT2D eigenvalue weighted by Gasteiger charge is 2.20. The Labute approximate surface area is 158 Å². The fourth-order valence-corrected chi connectivity index (χ4v) is 2.84. The third-order valence-corrected chi connectivity index (χ3v) is 4.15. The molecule has 1 atom stereocenters. The lowest BCUT2D eigenvalue weighted by atomic mass is 9.96. The number of carbonyl (C=O) groups is 2. The monoisotopic (exact) mass is 373 g/mol. The second-order valence-corrected chi connectivity index (χ2v) is 5.79. The predicted octanol–water partition coefficient (Wildman–Crippen LogP) is 2.23. The maximum Gasteiger partial charge on any atom is 0.322 e. The van der Waals surface area contributed by atoms with E-state index in [0.29, 0.717) is 33.9 Å². The van der Waals surface area contributed by atoms with Gasteiger partial charge in [0.2, 0.25) is 0 Å². The van der Waals surface area contributed by atoms with Gasteiger partial charge in [0.05, 0.1) is 28.4 Å². The van der Waals surface area contributed by atoms with E-state index < -0.39 is 12.0 Å². The van der Waals surface area contributed by atoms with Gasteiger partial charge >= 0.3 is 5.97 Å². The molecule has 2 rings (SSSR count). The van der Waals surface area contributed by atoms with Crippen molar-refractivity contribution in [1.82, 2.24) is 0 Å². The molecule has 27 heavy (non-hydrogen) atoms. The highest BCUT2D eigenvalue weighted by Crippen LogP contribution is 2.43. The fourth-order valence-electron chi connectivity index (χ4n) is 2.84. The summed E-state index contributed by atoms with van der Waals surface area (Å²) in [6, 6.07) is 7.93. The Kier molecular flexibility index (Phi) is 6.79. The summed E-state index contributed by atoms with van der Waals surface area (Å²) in [5.41, 5.74) is 8.42. The zero-order chi connectivity index (χ0) is 20.0. The van der Waals surface area contributed by atoms with Crippen LogP contribution in [-0.2, 0) is 16.0 Å². The molecule has 0 radical (unpaired) electrons. The van der Waals surface area contributed by atoms with Gasteiger partial charge in [-0.05, 0) is 36.2 Å². The number of methoxy groups -OCH3 is 4. The van der Waals surface area contributed by atoms with E-state index in [1.165, 1.54) is 21.3 Å². The number of benzene rings is 2.